The van der Waals surface area contributed by atoms with Gasteiger partial charge in [-0.1, -0.05) is 69.2 Å². The van der Waals surface area contributed by atoms with Crippen molar-refractivity contribution in [2.24, 2.45) is 0 Å². The number of hydrogen-bond donors (Lipinski definition) is 0. The third kappa shape index (κ3) is 7.69. The van der Waals surface area contributed by atoms with Crippen molar-refractivity contribution < 1.29 is 9.53 Å². The molecule has 116 valence electrons. The van der Waals surface area contributed by atoms with Crippen molar-refractivity contribution in [2.75, 3.05) is 6.61 Å². The lowest BCUT2D eigenvalue weighted by Crippen LogP contribution is -2.17. The van der Waals surface area contributed by atoms with Gasteiger partial charge in [0.1, 0.15) is 8.07 Å². The molecule has 0 heterocycles. The van der Waals surface area contributed by atoms with Crippen LogP contribution < -0.4 is 0 Å². The summed E-state index contributed by atoms with van der Waals surface area (Å²) in [6.07, 6.45) is 3.35. The molecule has 0 aromatic heterocycles. The lowest BCUT2D eigenvalue weighted by molar-refractivity contribution is -0.137. The summed E-state index contributed by atoms with van der Waals surface area (Å²) in [6.45, 7) is 8.67. The van der Waals surface area contributed by atoms with E-state index in [4.69, 9.17) is 4.74 Å². The molecule has 1 rings (SSSR count). The number of ether oxygens (including phenoxy) is 1. The van der Waals surface area contributed by atoms with E-state index in [-0.39, 0.29) is 12.6 Å². The van der Waals surface area contributed by atoms with Gasteiger partial charge in [-0.15, -0.1) is 11.3 Å². The van der Waals surface area contributed by atoms with E-state index in [2.05, 4.69) is 36.8 Å². The van der Waals surface area contributed by atoms with Crippen LogP contribution in [0.15, 0.2) is 41.6 Å². The van der Waals surface area contributed by atoms with Crippen molar-refractivity contribution in [2.45, 2.75) is 39.4 Å². The molecule has 0 fully saturated rings. The second-order valence-electron chi connectivity index (χ2n) is 6.06. The zero-order valence-corrected chi connectivity index (χ0v) is 14.9. The van der Waals surface area contributed by atoms with Crippen molar-refractivity contribution in [1.82, 2.24) is 0 Å². The van der Waals surface area contributed by atoms with Crippen molar-refractivity contribution >= 4 is 20.1 Å². The largest absolute Gasteiger partial charge is 0.449 e. The van der Waals surface area contributed by atoms with E-state index >= 15 is 0 Å². The summed E-state index contributed by atoms with van der Waals surface area (Å²) in [4.78, 5) is 12.1. The van der Waals surface area contributed by atoms with E-state index in [1.54, 1.807) is 0 Å². The van der Waals surface area contributed by atoms with Gasteiger partial charge in [-0.25, -0.2) is 4.79 Å². The quantitative estimate of drug-likeness (QED) is 0.264. The second-order valence-corrected chi connectivity index (χ2v) is 10.8. The normalized spacial score (nSPS) is 10.0. The van der Waals surface area contributed by atoms with Crippen LogP contribution in [0.3, 0.4) is 0 Å². The summed E-state index contributed by atoms with van der Waals surface area (Å²) >= 11 is 0. The van der Waals surface area contributed by atoms with Crippen LogP contribution in [0, 0.1) is 11.5 Å². The van der Waals surface area contributed by atoms with Crippen LogP contribution in [0.5, 0.6) is 0 Å². The van der Waals surface area contributed by atoms with E-state index in [0.29, 0.717) is 12.0 Å². The maximum atomic E-state index is 12.1. The fourth-order valence-electron chi connectivity index (χ4n) is 1.69. The number of rotatable bonds is 5. The van der Waals surface area contributed by atoms with Gasteiger partial charge in [0.25, 0.3) is 0 Å². The van der Waals surface area contributed by atoms with Gasteiger partial charge in [-0.3, -0.25) is 0 Å². The molecule has 0 radical (unpaired) electrons. The first-order valence-electron chi connectivity index (χ1n) is 7.60. The summed E-state index contributed by atoms with van der Waals surface area (Å²) < 4.78 is 5.23. The Balaban J connectivity index is 2.75. The predicted octanol–water partition coefficient (Wildman–Crippen LogP) is 4.45. The summed E-state index contributed by atoms with van der Waals surface area (Å²) in [7, 11) is -1.41. The highest BCUT2D eigenvalue weighted by atomic mass is 28.3. The Hall–Kier alpha value is -2.01. The molecule has 0 unspecified atom stereocenters. The minimum absolute atomic E-state index is 0.156. The fourth-order valence-corrected chi connectivity index (χ4v) is 2.30. The molecule has 0 aliphatic heterocycles. The molecule has 1 aromatic carbocycles. The highest BCUT2D eigenvalue weighted by Crippen LogP contribution is 2.08. The van der Waals surface area contributed by atoms with Gasteiger partial charge in [-0.2, -0.15) is 0 Å². The van der Waals surface area contributed by atoms with E-state index in [1.807, 2.05) is 43.3 Å². The molecule has 0 aliphatic rings. The third-order valence-electron chi connectivity index (χ3n) is 2.70. The zero-order valence-electron chi connectivity index (χ0n) is 13.9. The van der Waals surface area contributed by atoms with Crippen LogP contribution in [0.2, 0.25) is 19.6 Å². The van der Waals surface area contributed by atoms with Crippen LogP contribution in [0.25, 0.3) is 6.08 Å². The Morgan fingerprint density at radius 2 is 1.91 bits per heavy atom. The molecule has 0 saturated carbocycles. The summed E-state index contributed by atoms with van der Waals surface area (Å²) in [6, 6.07) is 9.82. The molecule has 0 aliphatic carbocycles. The van der Waals surface area contributed by atoms with Gasteiger partial charge in [0.15, 0.2) is 6.61 Å². The minimum atomic E-state index is -1.41. The van der Waals surface area contributed by atoms with Crippen LogP contribution in [-0.2, 0) is 9.53 Å². The monoisotopic (exact) mass is 312 g/mol. The number of esters is 1. The Bertz CT molecular complexity index is 606. The van der Waals surface area contributed by atoms with Crippen LogP contribution in [-0.4, -0.2) is 20.7 Å². The third-order valence-corrected chi connectivity index (χ3v) is 3.62. The molecule has 1 aromatic rings. The first-order chi connectivity index (χ1) is 10.4. The molecular formula is C19H24O2Si. The zero-order chi connectivity index (χ0) is 16.4. The lowest BCUT2D eigenvalue weighted by atomic mass is 10.1. The number of benzene rings is 1. The van der Waals surface area contributed by atoms with E-state index in [9.17, 15) is 4.79 Å². The molecule has 2 nitrogen and oxygen atoms in total. The minimum Gasteiger partial charge on any atom is -0.449 e. The molecule has 22 heavy (non-hydrogen) atoms. The molecule has 0 saturated heterocycles. The van der Waals surface area contributed by atoms with Gasteiger partial charge in [0, 0.05) is 0 Å². The Morgan fingerprint density at radius 3 is 2.50 bits per heavy atom. The average molecular weight is 312 g/mol. The number of hydrogen-bond acceptors (Lipinski definition) is 2. The lowest BCUT2D eigenvalue weighted by Gasteiger charge is -2.05. The first-order valence-corrected chi connectivity index (χ1v) is 11.1. The average Bonchev–Trinajstić information content (AvgIpc) is 2.48. The van der Waals surface area contributed by atoms with E-state index in [0.717, 1.165) is 12.0 Å². The Morgan fingerprint density at radius 1 is 1.23 bits per heavy atom. The Labute approximate surface area is 134 Å². The highest BCUT2D eigenvalue weighted by Gasteiger charge is 2.10. The summed E-state index contributed by atoms with van der Waals surface area (Å²) in [5, 5.41) is 0. The van der Waals surface area contributed by atoms with Crippen LogP contribution >= 0.6 is 0 Å². The summed E-state index contributed by atoms with van der Waals surface area (Å²) in [5.41, 5.74) is 7.84. The Kier molecular flexibility index (Phi) is 7.46. The van der Waals surface area contributed by atoms with Gasteiger partial charge in [0.05, 0.1) is 5.57 Å². The topological polar surface area (TPSA) is 26.3 Å². The van der Waals surface area contributed by atoms with E-state index < -0.39 is 8.07 Å². The van der Waals surface area contributed by atoms with Gasteiger partial charge in [0.2, 0.25) is 0 Å². The molecule has 3 heteroatoms. The smallest absolute Gasteiger partial charge is 0.342 e. The summed E-state index contributed by atoms with van der Waals surface area (Å²) in [5.74, 6) is 2.62. The molecule has 0 amide bonds. The molecule has 0 atom stereocenters. The molecule has 0 bridgehead atoms. The standard InChI is InChI=1S/C19H24O2Si/c1-5-10-18(14-13-17-11-7-6-8-12-17)19(20)21-15-9-16-22(2,3)4/h6-8,11-13H,5,10,15H2,1-4H3. The van der Waals surface area contributed by atoms with Crippen LogP contribution in [0.4, 0.5) is 0 Å². The number of carbonyl (C=O) groups is 1. The number of carbonyl (C=O) groups excluding carboxylic acids is 1. The van der Waals surface area contributed by atoms with Crippen molar-refractivity contribution in [1.29, 1.82) is 0 Å². The molecule has 0 spiro atoms. The molecule has 0 N–H and O–H groups in total. The molecular weight excluding hydrogens is 288 g/mol. The van der Waals surface area contributed by atoms with E-state index in [1.165, 1.54) is 0 Å². The predicted molar refractivity (Wildman–Crippen MR) is 94.9 cm³/mol. The highest BCUT2D eigenvalue weighted by molar-refractivity contribution is 6.83. The maximum Gasteiger partial charge on any atom is 0.342 e. The SMILES string of the molecule is CCCC(=C=Cc1ccccc1)C(=O)OCC#C[Si](C)(C)C. The van der Waals surface area contributed by atoms with Gasteiger partial charge < -0.3 is 4.74 Å². The first kappa shape index (κ1) is 18.0. The second kappa shape index (κ2) is 9.10. The van der Waals surface area contributed by atoms with Gasteiger partial charge >= 0.3 is 5.97 Å². The van der Waals surface area contributed by atoms with Crippen molar-refractivity contribution in [3.8, 4) is 11.5 Å². The fraction of sp³-hybridized carbons (Fsp3) is 0.368. The maximum absolute atomic E-state index is 12.1. The van der Waals surface area contributed by atoms with Gasteiger partial charge in [-0.05, 0) is 18.1 Å². The van der Waals surface area contributed by atoms with Crippen molar-refractivity contribution in [3.63, 3.8) is 0 Å². The van der Waals surface area contributed by atoms with Crippen LogP contribution in [0.1, 0.15) is 25.3 Å². The van der Waals surface area contributed by atoms with Crippen molar-refractivity contribution in [3.05, 3.63) is 47.2 Å².